The Kier molecular flexibility index (Phi) is 9.20. The molecule has 2 unspecified atom stereocenters. The molecule has 40 heavy (non-hydrogen) atoms. The van der Waals surface area contributed by atoms with Gasteiger partial charge in [-0.25, -0.2) is 0 Å². The summed E-state index contributed by atoms with van der Waals surface area (Å²) in [5.74, 6) is -2.25. The van der Waals surface area contributed by atoms with E-state index < -0.39 is 35.1 Å². The van der Waals surface area contributed by atoms with Crippen molar-refractivity contribution < 1.29 is 24.2 Å². The largest absolute Gasteiger partial charge is 0.394 e. The van der Waals surface area contributed by atoms with E-state index in [2.05, 4.69) is 20.1 Å². The molecule has 3 fully saturated rings. The number of carbonyl (C=O) groups is 3. The van der Waals surface area contributed by atoms with Gasteiger partial charge in [0.25, 0.3) is 0 Å². The smallest absolute Gasteiger partial charge is 0.248 e. The van der Waals surface area contributed by atoms with E-state index in [0.717, 1.165) is 24.9 Å². The predicted molar refractivity (Wildman–Crippen MR) is 156 cm³/mol. The van der Waals surface area contributed by atoms with E-state index in [1.54, 1.807) is 26.9 Å². The zero-order valence-corrected chi connectivity index (χ0v) is 24.3. The highest BCUT2D eigenvalue weighted by Crippen LogP contribution is 2.64. The summed E-state index contributed by atoms with van der Waals surface area (Å²) in [7, 11) is 0. The first-order chi connectivity index (χ1) is 19.2. The van der Waals surface area contributed by atoms with Crippen LogP contribution in [-0.4, -0.2) is 82.2 Å². The summed E-state index contributed by atoms with van der Waals surface area (Å²) in [4.78, 5) is 48.2. The van der Waals surface area contributed by atoms with Crippen molar-refractivity contribution in [3.63, 3.8) is 0 Å². The molecule has 8 nitrogen and oxygen atoms in total. The molecule has 0 aromatic heterocycles. The summed E-state index contributed by atoms with van der Waals surface area (Å²) >= 11 is 0. The lowest BCUT2D eigenvalue weighted by Gasteiger charge is -2.39. The molecule has 8 heteroatoms. The van der Waals surface area contributed by atoms with Crippen LogP contribution >= 0.6 is 0 Å². The second-order valence-corrected chi connectivity index (χ2v) is 11.6. The van der Waals surface area contributed by atoms with Crippen molar-refractivity contribution in [2.75, 3.05) is 31.1 Å². The third-order valence-electron chi connectivity index (χ3n) is 9.13. The number of nitrogens with zero attached hydrogens (tertiary/aromatic N) is 3. The lowest BCUT2D eigenvalue weighted by Crippen LogP contribution is -2.58. The molecule has 4 rings (SSSR count). The highest BCUT2D eigenvalue weighted by molar-refractivity contribution is 6.03. The number of aliphatic hydroxyl groups excluding tert-OH is 1. The summed E-state index contributed by atoms with van der Waals surface area (Å²) in [6.45, 7) is 14.6. The van der Waals surface area contributed by atoms with Gasteiger partial charge in [-0.15, -0.1) is 13.2 Å². The van der Waals surface area contributed by atoms with Crippen LogP contribution in [0.5, 0.6) is 0 Å². The first-order valence-corrected chi connectivity index (χ1v) is 14.7. The number of likely N-dealkylation sites (tertiary alicyclic amines) is 1. The molecule has 3 aliphatic heterocycles. The highest BCUT2D eigenvalue weighted by atomic mass is 16.5. The second-order valence-electron chi connectivity index (χ2n) is 11.6. The van der Waals surface area contributed by atoms with Crippen LogP contribution < -0.4 is 4.90 Å². The first kappa shape index (κ1) is 30.0. The van der Waals surface area contributed by atoms with Gasteiger partial charge in [-0.1, -0.05) is 57.0 Å². The Labute approximate surface area is 238 Å². The van der Waals surface area contributed by atoms with E-state index in [1.165, 1.54) is 0 Å². The van der Waals surface area contributed by atoms with Gasteiger partial charge in [0.05, 0.1) is 30.1 Å². The van der Waals surface area contributed by atoms with Crippen molar-refractivity contribution in [2.24, 2.45) is 11.8 Å². The SMILES string of the molecule is C=CCN(CCCCC)C(=O)C1N([C@@H](CC)CO)C(=O)[C@@H]2[C@@H](C(=O)N(CC=C)c3ccccc3)[C@@]3(C)CCC12O3. The number of benzene rings is 1. The van der Waals surface area contributed by atoms with Gasteiger partial charge >= 0.3 is 0 Å². The maximum atomic E-state index is 14.4. The highest BCUT2D eigenvalue weighted by Gasteiger charge is 2.78. The quantitative estimate of drug-likeness (QED) is 0.279. The molecule has 0 aliphatic carbocycles. The molecule has 6 atom stereocenters. The fourth-order valence-corrected chi connectivity index (χ4v) is 7.23. The van der Waals surface area contributed by atoms with E-state index in [9.17, 15) is 19.5 Å². The number of amides is 3. The number of carbonyl (C=O) groups excluding carboxylic acids is 3. The fourth-order valence-electron chi connectivity index (χ4n) is 7.23. The van der Waals surface area contributed by atoms with Crippen LogP contribution in [0.4, 0.5) is 5.69 Å². The Balaban J connectivity index is 1.79. The summed E-state index contributed by atoms with van der Waals surface area (Å²) < 4.78 is 6.81. The third kappa shape index (κ3) is 4.90. The Morgan fingerprint density at radius 2 is 1.82 bits per heavy atom. The Morgan fingerprint density at radius 3 is 2.42 bits per heavy atom. The van der Waals surface area contributed by atoms with E-state index in [1.807, 2.05) is 44.2 Å². The van der Waals surface area contributed by atoms with Gasteiger partial charge in [-0.3, -0.25) is 14.4 Å². The van der Waals surface area contributed by atoms with Gasteiger partial charge in [-0.05, 0) is 44.7 Å². The average molecular weight is 552 g/mol. The average Bonchev–Trinajstić information content (AvgIpc) is 3.53. The first-order valence-electron chi connectivity index (χ1n) is 14.7. The van der Waals surface area contributed by atoms with E-state index in [4.69, 9.17) is 4.74 Å². The Bertz CT molecular complexity index is 1110. The van der Waals surface area contributed by atoms with Gasteiger partial charge in [0.15, 0.2) is 0 Å². The molecule has 1 aromatic carbocycles. The number of anilines is 1. The van der Waals surface area contributed by atoms with Gasteiger partial charge in [0.2, 0.25) is 17.7 Å². The topological polar surface area (TPSA) is 90.4 Å². The van der Waals surface area contributed by atoms with Crippen molar-refractivity contribution in [3.05, 3.63) is 55.6 Å². The number of unbranched alkanes of at least 4 members (excludes halogenated alkanes) is 2. The molecule has 1 spiro atoms. The van der Waals surface area contributed by atoms with Crippen molar-refractivity contribution in [3.8, 4) is 0 Å². The van der Waals surface area contributed by atoms with E-state index in [0.29, 0.717) is 32.4 Å². The summed E-state index contributed by atoms with van der Waals surface area (Å²) in [6, 6.07) is 7.91. The normalized spacial score (nSPS) is 29.2. The minimum Gasteiger partial charge on any atom is -0.394 e. The van der Waals surface area contributed by atoms with Crippen molar-refractivity contribution in [2.45, 2.75) is 82.6 Å². The van der Waals surface area contributed by atoms with Crippen LogP contribution in [0.2, 0.25) is 0 Å². The van der Waals surface area contributed by atoms with Crippen LogP contribution in [0.25, 0.3) is 0 Å². The zero-order chi connectivity index (χ0) is 29.1. The maximum absolute atomic E-state index is 14.4. The number of aliphatic hydroxyl groups is 1. The number of fused-ring (bicyclic) bond motifs is 1. The number of para-hydroxylation sites is 1. The monoisotopic (exact) mass is 551 g/mol. The van der Waals surface area contributed by atoms with Crippen LogP contribution in [0, 0.1) is 11.8 Å². The summed E-state index contributed by atoms with van der Waals surface area (Å²) in [6.07, 6.45) is 7.78. The summed E-state index contributed by atoms with van der Waals surface area (Å²) in [5, 5.41) is 10.3. The molecular weight excluding hydrogens is 506 g/mol. The second kappa shape index (κ2) is 12.3. The molecule has 3 saturated heterocycles. The number of hydrogen-bond donors (Lipinski definition) is 1. The molecule has 1 aromatic rings. The molecule has 3 amide bonds. The molecule has 3 aliphatic rings. The van der Waals surface area contributed by atoms with Gasteiger partial charge in [0.1, 0.15) is 11.6 Å². The van der Waals surface area contributed by atoms with Gasteiger partial charge < -0.3 is 24.5 Å². The van der Waals surface area contributed by atoms with E-state index in [-0.39, 0.29) is 30.9 Å². The maximum Gasteiger partial charge on any atom is 0.248 e. The zero-order valence-electron chi connectivity index (χ0n) is 24.3. The van der Waals surface area contributed by atoms with Crippen LogP contribution in [0.1, 0.15) is 59.3 Å². The van der Waals surface area contributed by atoms with Gasteiger partial charge in [-0.2, -0.15) is 0 Å². The standard InChI is InChI=1S/C32H45N3O5/c1-6-10-14-21-33(19-7-2)30(39)27-32-18-17-31(5,40-32)25(26(32)29(38)35(27)23(9-4)22-36)28(37)34(20-8-3)24-15-12-11-13-16-24/h7-8,11-13,15-16,23,25-27,36H,2-3,6,9-10,14,17-22H2,1,4-5H3/t23-,25-,26-,27?,31+,32?/m0/s1. The lowest BCUT2D eigenvalue weighted by atomic mass is 9.66. The lowest BCUT2D eigenvalue weighted by molar-refractivity contribution is -0.154. The van der Waals surface area contributed by atoms with Crippen molar-refractivity contribution >= 4 is 23.4 Å². The third-order valence-corrected chi connectivity index (χ3v) is 9.13. The van der Waals surface area contributed by atoms with Crippen molar-refractivity contribution in [1.29, 1.82) is 0 Å². The number of hydrogen-bond acceptors (Lipinski definition) is 5. The van der Waals surface area contributed by atoms with Crippen molar-refractivity contribution in [1.82, 2.24) is 9.80 Å². The van der Waals surface area contributed by atoms with Gasteiger partial charge in [0, 0.05) is 25.3 Å². The minimum atomic E-state index is -1.13. The molecule has 218 valence electrons. The van der Waals surface area contributed by atoms with Crippen LogP contribution in [0.3, 0.4) is 0 Å². The molecule has 0 saturated carbocycles. The summed E-state index contributed by atoms with van der Waals surface area (Å²) in [5.41, 5.74) is -1.30. The minimum absolute atomic E-state index is 0.192. The van der Waals surface area contributed by atoms with Crippen LogP contribution in [0.15, 0.2) is 55.6 Å². The fraction of sp³-hybridized carbons (Fsp3) is 0.594. The van der Waals surface area contributed by atoms with E-state index >= 15 is 0 Å². The molecule has 2 bridgehead atoms. The Morgan fingerprint density at radius 1 is 1.12 bits per heavy atom. The Hall–Kier alpha value is -2.97. The number of ether oxygens (including phenoxy) is 1. The molecule has 3 heterocycles. The molecular formula is C32H45N3O5. The molecule has 0 radical (unpaired) electrons. The predicted octanol–water partition coefficient (Wildman–Crippen LogP) is 3.95. The molecule has 1 N–H and O–H groups in total. The van der Waals surface area contributed by atoms with Crippen LogP contribution in [-0.2, 0) is 19.1 Å². The number of rotatable bonds is 14.